The van der Waals surface area contributed by atoms with Crippen LogP contribution in [-0.4, -0.2) is 29.8 Å². The molecule has 2 unspecified atom stereocenters. The molecule has 2 atom stereocenters. The Balaban J connectivity index is 1.69. The predicted octanol–water partition coefficient (Wildman–Crippen LogP) is 6.68. The summed E-state index contributed by atoms with van der Waals surface area (Å²) in [4.78, 5) is 30.0. The number of carbonyl (C=O) groups is 2. The molecule has 6 heteroatoms. The van der Waals surface area contributed by atoms with Gasteiger partial charge in [-0.2, -0.15) is 0 Å². The number of benzene rings is 1. The van der Waals surface area contributed by atoms with Crippen molar-refractivity contribution in [2.45, 2.75) is 59.8 Å². The van der Waals surface area contributed by atoms with Crippen molar-refractivity contribution in [3.8, 4) is 0 Å². The maximum absolute atomic E-state index is 13.7. The van der Waals surface area contributed by atoms with Gasteiger partial charge in [-0.3, -0.25) is 9.59 Å². The van der Waals surface area contributed by atoms with Gasteiger partial charge in [0.25, 0.3) is 11.8 Å². The van der Waals surface area contributed by atoms with E-state index in [1.807, 2.05) is 4.90 Å². The van der Waals surface area contributed by atoms with Gasteiger partial charge in [0.1, 0.15) is 5.00 Å². The summed E-state index contributed by atoms with van der Waals surface area (Å²) in [5.41, 5.74) is 2.60. The molecule has 1 saturated heterocycles. The number of thiophene rings is 1. The zero-order chi connectivity index (χ0) is 23.0. The average Bonchev–Trinajstić information content (AvgIpc) is 3.09. The molecule has 2 aromatic rings. The van der Waals surface area contributed by atoms with Crippen molar-refractivity contribution < 1.29 is 9.59 Å². The lowest BCUT2D eigenvalue weighted by molar-refractivity contribution is 0.0683. The summed E-state index contributed by atoms with van der Waals surface area (Å²) in [6, 6.07) is 6.93. The van der Waals surface area contributed by atoms with Crippen LogP contribution >= 0.6 is 22.9 Å². The Bertz CT molecular complexity index is 1020. The summed E-state index contributed by atoms with van der Waals surface area (Å²) in [7, 11) is 0. The molecule has 2 heterocycles. The van der Waals surface area contributed by atoms with Crippen molar-refractivity contribution in [2.75, 3.05) is 18.4 Å². The highest BCUT2D eigenvalue weighted by molar-refractivity contribution is 7.17. The Hall–Kier alpha value is -1.85. The summed E-state index contributed by atoms with van der Waals surface area (Å²) in [5.74, 6) is 0.934. The maximum Gasteiger partial charge on any atom is 0.257 e. The second kappa shape index (κ2) is 9.18. The van der Waals surface area contributed by atoms with Crippen LogP contribution in [0.4, 0.5) is 5.00 Å². The third-order valence-corrected chi connectivity index (χ3v) is 8.37. The largest absolute Gasteiger partial charge is 0.338 e. The van der Waals surface area contributed by atoms with Gasteiger partial charge in [0.05, 0.1) is 5.56 Å². The molecule has 0 saturated carbocycles. The zero-order valence-electron chi connectivity index (χ0n) is 19.5. The van der Waals surface area contributed by atoms with Gasteiger partial charge in [-0.05, 0) is 73.1 Å². The van der Waals surface area contributed by atoms with E-state index in [4.69, 9.17) is 11.6 Å². The molecule has 4 nitrogen and oxygen atoms in total. The molecular formula is C26H33ClN2O2S. The van der Waals surface area contributed by atoms with E-state index in [-0.39, 0.29) is 17.2 Å². The molecule has 1 aliphatic carbocycles. The van der Waals surface area contributed by atoms with Gasteiger partial charge in [-0.15, -0.1) is 11.3 Å². The number of nitrogens with one attached hydrogen (secondary N) is 1. The molecular weight excluding hydrogens is 440 g/mol. The average molecular weight is 473 g/mol. The van der Waals surface area contributed by atoms with Gasteiger partial charge in [0, 0.05) is 28.6 Å². The van der Waals surface area contributed by atoms with Crippen LogP contribution in [-0.2, 0) is 12.8 Å². The second-order valence-corrected chi connectivity index (χ2v) is 12.0. The molecule has 1 fully saturated rings. The predicted molar refractivity (Wildman–Crippen MR) is 133 cm³/mol. The number of anilines is 1. The van der Waals surface area contributed by atoms with Gasteiger partial charge >= 0.3 is 0 Å². The maximum atomic E-state index is 13.7. The van der Waals surface area contributed by atoms with E-state index < -0.39 is 0 Å². The highest BCUT2D eigenvalue weighted by atomic mass is 35.5. The van der Waals surface area contributed by atoms with Crippen LogP contribution < -0.4 is 5.32 Å². The normalized spacial score (nSPS) is 21.2. The number of likely N-dealkylation sites (tertiary alicyclic amines) is 1. The van der Waals surface area contributed by atoms with Crippen molar-refractivity contribution >= 4 is 39.8 Å². The zero-order valence-corrected chi connectivity index (χ0v) is 21.0. The number of amides is 2. The Kier molecular flexibility index (Phi) is 6.69. The van der Waals surface area contributed by atoms with Crippen LogP contribution in [0.2, 0.25) is 5.02 Å². The first kappa shape index (κ1) is 23.3. The van der Waals surface area contributed by atoms with E-state index in [9.17, 15) is 9.59 Å². The summed E-state index contributed by atoms with van der Waals surface area (Å²) >= 11 is 7.68. The molecule has 2 aliphatic rings. The van der Waals surface area contributed by atoms with Crippen molar-refractivity contribution in [2.24, 2.45) is 17.3 Å². The summed E-state index contributed by atoms with van der Waals surface area (Å²) in [5, 5.41) is 4.28. The minimum Gasteiger partial charge on any atom is -0.338 e. The number of fused-ring (bicyclic) bond motifs is 1. The highest BCUT2D eigenvalue weighted by Gasteiger charge is 2.35. The molecule has 2 amide bonds. The summed E-state index contributed by atoms with van der Waals surface area (Å²) in [6.07, 6.45) is 5.14. The lowest BCUT2D eigenvalue weighted by atomic mass is 9.72. The number of hydrogen-bond donors (Lipinski definition) is 1. The minimum atomic E-state index is -0.223. The number of piperidine rings is 1. The van der Waals surface area contributed by atoms with Gasteiger partial charge in [0.15, 0.2) is 0 Å². The molecule has 0 spiro atoms. The number of rotatable bonds is 3. The van der Waals surface area contributed by atoms with E-state index in [0.29, 0.717) is 27.4 Å². The first-order valence-electron chi connectivity index (χ1n) is 11.6. The van der Waals surface area contributed by atoms with Crippen LogP contribution in [0.3, 0.4) is 0 Å². The van der Waals surface area contributed by atoms with Crippen molar-refractivity contribution in [1.29, 1.82) is 0 Å². The molecule has 1 aromatic heterocycles. The van der Waals surface area contributed by atoms with Crippen molar-refractivity contribution in [3.63, 3.8) is 0 Å². The molecule has 1 aliphatic heterocycles. The first-order chi connectivity index (χ1) is 15.1. The first-order valence-corrected chi connectivity index (χ1v) is 12.8. The van der Waals surface area contributed by atoms with Gasteiger partial charge in [0.2, 0.25) is 0 Å². The number of hydrogen-bond acceptors (Lipinski definition) is 3. The van der Waals surface area contributed by atoms with E-state index in [1.165, 1.54) is 4.88 Å². The number of nitrogens with zero attached hydrogens (tertiary/aromatic N) is 1. The summed E-state index contributed by atoms with van der Waals surface area (Å²) < 4.78 is 0. The fourth-order valence-electron chi connectivity index (χ4n) is 4.98. The molecule has 32 heavy (non-hydrogen) atoms. The lowest BCUT2D eigenvalue weighted by Crippen LogP contribution is -2.39. The summed E-state index contributed by atoms with van der Waals surface area (Å²) in [6.45, 7) is 10.7. The molecule has 172 valence electrons. The Labute approximate surface area is 200 Å². The topological polar surface area (TPSA) is 49.4 Å². The van der Waals surface area contributed by atoms with Crippen LogP contribution in [0.15, 0.2) is 24.3 Å². The molecule has 1 aromatic carbocycles. The Morgan fingerprint density at radius 2 is 2.00 bits per heavy atom. The third kappa shape index (κ3) is 4.89. The Morgan fingerprint density at radius 3 is 2.69 bits per heavy atom. The Morgan fingerprint density at radius 1 is 1.22 bits per heavy atom. The van der Waals surface area contributed by atoms with Gasteiger partial charge in [-0.1, -0.05) is 45.4 Å². The fourth-order valence-corrected chi connectivity index (χ4v) is 6.48. The smallest absolute Gasteiger partial charge is 0.257 e. The van der Waals surface area contributed by atoms with Crippen molar-refractivity contribution in [3.05, 3.63) is 50.9 Å². The lowest BCUT2D eigenvalue weighted by Gasteiger charge is -2.34. The van der Waals surface area contributed by atoms with E-state index in [1.54, 1.807) is 35.6 Å². The third-order valence-electron chi connectivity index (χ3n) is 6.96. The standard InChI is InChI=1S/C26H33ClN2O2S/c1-16-7-6-12-29(15-16)25(31)22-20-11-10-18(26(2,3)4)14-21(20)32-24(22)28-23(30)17-8-5-9-19(27)13-17/h5,8-9,13,16,18H,6-7,10-12,14-15H2,1-4H3,(H,28,30). The molecule has 4 rings (SSSR count). The molecule has 0 radical (unpaired) electrons. The van der Waals surface area contributed by atoms with E-state index in [0.717, 1.165) is 56.3 Å². The van der Waals surface area contributed by atoms with Crippen LogP contribution in [0.5, 0.6) is 0 Å². The quantitative estimate of drug-likeness (QED) is 0.541. The van der Waals surface area contributed by atoms with Crippen LogP contribution in [0, 0.1) is 17.3 Å². The van der Waals surface area contributed by atoms with Gasteiger partial charge in [-0.25, -0.2) is 0 Å². The van der Waals surface area contributed by atoms with Crippen LogP contribution in [0.25, 0.3) is 0 Å². The number of halogens is 1. The van der Waals surface area contributed by atoms with Crippen molar-refractivity contribution in [1.82, 2.24) is 4.90 Å². The number of carbonyl (C=O) groups excluding carboxylic acids is 2. The van der Waals surface area contributed by atoms with Gasteiger partial charge < -0.3 is 10.2 Å². The minimum absolute atomic E-state index is 0.0738. The fraction of sp³-hybridized carbons (Fsp3) is 0.538. The van der Waals surface area contributed by atoms with E-state index >= 15 is 0 Å². The SMILES string of the molecule is CC1CCCN(C(=O)c2c(NC(=O)c3cccc(Cl)c3)sc3c2CCC(C(C)(C)C)C3)C1. The van der Waals surface area contributed by atoms with Crippen LogP contribution in [0.1, 0.15) is 78.1 Å². The highest BCUT2D eigenvalue weighted by Crippen LogP contribution is 2.45. The monoisotopic (exact) mass is 472 g/mol. The molecule has 1 N–H and O–H groups in total. The molecule has 0 bridgehead atoms. The second-order valence-electron chi connectivity index (χ2n) is 10.5. The van der Waals surface area contributed by atoms with E-state index in [2.05, 4.69) is 33.0 Å².